The van der Waals surface area contributed by atoms with Gasteiger partial charge in [-0.25, -0.2) is 4.79 Å². The number of benzene rings is 1. The van der Waals surface area contributed by atoms with Gasteiger partial charge in [-0.3, -0.25) is 0 Å². The van der Waals surface area contributed by atoms with E-state index in [1.165, 1.54) is 0 Å². The number of hydrogen-bond acceptors (Lipinski definition) is 4. The molecule has 4 heteroatoms. The van der Waals surface area contributed by atoms with Crippen molar-refractivity contribution in [1.82, 2.24) is 0 Å². The van der Waals surface area contributed by atoms with Gasteiger partial charge in [-0.2, -0.15) is 0 Å². The molecule has 150 valence electrons. The number of aliphatic hydroxyl groups is 1. The van der Waals surface area contributed by atoms with Crippen LogP contribution in [0.2, 0.25) is 0 Å². The number of aliphatic hydroxyl groups excluding tert-OH is 1. The number of carbonyl (C=O) groups excluding carboxylic acids is 1. The van der Waals surface area contributed by atoms with E-state index in [2.05, 4.69) is 20.8 Å². The van der Waals surface area contributed by atoms with Crippen LogP contribution in [0.3, 0.4) is 0 Å². The summed E-state index contributed by atoms with van der Waals surface area (Å²) in [5.41, 5.74) is 0.276. The van der Waals surface area contributed by atoms with Crippen molar-refractivity contribution in [3.8, 4) is 0 Å². The first-order valence-corrected chi connectivity index (χ1v) is 10.3. The van der Waals surface area contributed by atoms with E-state index in [0.717, 1.165) is 25.7 Å². The van der Waals surface area contributed by atoms with Crippen LogP contribution in [-0.4, -0.2) is 37.0 Å². The van der Waals surface area contributed by atoms with Gasteiger partial charge in [0.05, 0.1) is 18.3 Å². The first-order valence-electron chi connectivity index (χ1n) is 10.3. The Bertz CT molecular complexity index is 629. The molecule has 2 aliphatic rings. The highest BCUT2D eigenvalue weighted by atomic mass is 16.5. The average Bonchev–Trinajstić information content (AvgIpc) is 2.64. The van der Waals surface area contributed by atoms with Gasteiger partial charge in [-0.05, 0) is 61.5 Å². The van der Waals surface area contributed by atoms with Gasteiger partial charge in [0.1, 0.15) is 6.10 Å². The Hall–Kier alpha value is -1.39. The van der Waals surface area contributed by atoms with E-state index in [1.807, 2.05) is 18.2 Å². The number of esters is 1. The van der Waals surface area contributed by atoms with Crippen LogP contribution < -0.4 is 0 Å². The summed E-state index contributed by atoms with van der Waals surface area (Å²) in [4.78, 5) is 12.7. The number of carbonyl (C=O) groups is 1. The van der Waals surface area contributed by atoms with Gasteiger partial charge in [-0.15, -0.1) is 0 Å². The summed E-state index contributed by atoms with van der Waals surface area (Å²) in [5.74, 6) is 0.958. The van der Waals surface area contributed by atoms with E-state index in [0.29, 0.717) is 29.9 Å². The second-order valence-electron chi connectivity index (χ2n) is 8.94. The number of fused-ring (bicyclic) bond motifs is 1. The average molecular weight is 375 g/mol. The maximum Gasteiger partial charge on any atom is 0.338 e. The molecule has 0 aromatic heterocycles. The van der Waals surface area contributed by atoms with Gasteiger partial charge in [0.2, 0.25) is 0 Å². The van der Waals surface area contributed by atoms with E-state index in [1.54, 1.807) is 19.2 Å². The fourth-order valence-electron chi connectivity index (χ4n) is 5.74. The molecule has 1 unspecified atom stereocenters. The standard InChI is InChI=1S/C23H34O4/c1-15(2)18-12-13-23(14-26-4)19(11-10-16(3)20(23)21(18)24)27-22(25)17-8-6-5-7-9-17/h5-9,15-16,18-21,24H,10-14H2,1-4H3/t16?,18-,19+,20+,21+,23+/m0/s1. The Morgan fingerprint density at radius 3 is 2.56 bits per heavy atom. The number of methoxy groups -OCH3 is 1. The molecule has 2 fully saturated rings. The molecule has 0 bridgehead atoms. The van der Waals surface area contributed by atoms with Crippen molar-refractivity contribution in [2.45, 2.75) is 58.7 Å². The largest absolute Gasteiger partial charge is 0.458 e. The van der Waals surface area contributed by atoms with Gasteiger partial charge in [-0.1, -0.05) is 39.0 Å². The minimum atomic E-state index is -0.373. The highest BCUT2D eigenvalue weighted by molar-refractivity contribution is 5.89. The summed E-state index contributed by atoms with van der Waals surface area (Å²) >= 11 is 0. The molecule has 27 heavy (non-hydrogen) atoms. The molecule has 2 saturated carbocycles. The topological polar surface area (TPSA) is 55.8 Å². The van der Waals surface area contributed by atoms with Crippen LogP contribution in [0.15, 0.2) is 30.3 Å². The fourth-order valence-corrected chi connectivity index (χ4v) is 5.74. The van der Waals surface area contributed by atoms with Gasteiger partial charge in [0.25, 0.3) is 0 Å². The van der Waals surface area contributed by atoms with E-state index in [9.17, 15) is 9.90 Å². The third-order valence-electron chi connectivity index (χ3n) is 7.08. The Labute approximate surface area is 163 Å². The lowest BCUT2D eigenvalue weighted by Gasteiger charge is -2.57. The summed E-state index contributed by atoms with van der Waals surface area (Å²) in [7, 11) is 1.71. The molecule has 4 nitrogen and oxygen atoms in total. The minimum Gasteiger partial charge on any atom is -0.458 e. The van der Waals surface area contributed by atoms with Crippen molar-refractivity contribution in [3.63, 3.8) is 0 Å². The third-order valence-corrected chi connectivity index (χ3v) is 7.08. The molecule has 3 rings (SSSR count). The fraction of sp³-hybridized carbons (Fsp3) is 0.696. The Morgan fingerprint density at radius 2 is 1.93 bits per heavy atom. The number of ether oxygens (including phenoxy) is 2. The number of hydrogen-bond donors (Lipinski definition) is 1. The maximum absolute atomic E-state index is 12.7. The predicted molar refractivity (Wildman–Crippen MR) is 105 cm³/mol. The van der Waals surface area contributed by atoms with Gasteiger partial charge >= 0.3 is 5.97 Å². The van der Waals surface area contributed by atoms with Crippen LogP contribution in [-0.2, 0) is 9.47 Å². The minimum absolute atomic E-state index is 0.0981. The highest BCUT2D eigenvalue weighted by Crippen LogP contribution is 2.56. The van der Waals surface area contributed by atoms with Gasteiger partial charge < -0.3 is 14.6 Å². The molecule has 0 saturated heterocycles. The third kappa shape index (κ3) is 3.79. The monoisotopic (exact) mass is 374 g/mol. The van der Waals surface area contributed by atoms with Crippen LogP contribution in [0.1, 0.15) is 56.8 Å². The van der Waals surface area contributed by atoms with Crippen LogP contribution in [0.4, 0.5) is 0 Å². The van der Waals surface area contributed by atoms with Gasteiger partial charge in [0.15, 0.2) is 0 Å². The Balaban J connectivity index is 1.89. The van der Waals surface area contributed by atoms with E-state index < -0.39 is 0 Å². The van der Waals surface area contributed by atoms with E-state index in [-0.39, 0.29) is 29.5 Å². The zero-order chi connectivity index (χ0) is 19.6. The molecule has 6 atom stereocenters. The van der Waals surface area contributed by atoms with Crippen molar-refractivity contribution in [1.29, 1.82) is 0 Å². The molecule has 1 N–H and O–H groups in total. The summed E-state index contributed by atoms with van der Waals surface area (Å²) in [6.07, 6.45) is 3.09. The first-order chi connectivity index (χ1) is 12.9. The molecule has 0 aliphatic heterocycles. The lowest BCUT2D eigenvalue weighted by Crippen LogP contribution is -2.60. The normalized spacial score (nSPS) is 36.3. The van der Waals surface area contributed by atoms with E-state index >= 15 is 0 Å². The molecular formula is C23H34O4. The van der Waals surface area contributed by atoms with Crippen LogP contribution >= 0.6 is 0 Å². The summed E-state index contributed by atoms with van der Waals surface area (Å²) in [5, 5.41) is 11.3. The Kier molecular flexibility index (Phi) is 6.27. The summed E-state index contributed by atoms with van der Waals surface area (Å²) in [6.45, 7) is 7.14. The molecule has 1 aromatic carbocycles. The van der Waals surface area contributed by atoms with Crippen molar-refractivity contribution >= 4 is 5.97 Å². The molecule has 2 aliphatic carbocycles. The van der Waals surface area contributed by atoms with Crippen LogP contribution in [0.25, 0.3) is 0 Å². The molecule has 0 spiro atoms. The molecule has 1 aromatic rings. The predicted octanol–water partition coefficient (Wildman–Crippen LogP) is 4.32. The first kappa shape index (κ1) is 20.3. The van der Waals surface area contributed by atoms with Crippen molar-refractivity contribution in [2.75, 3.05) is 13.7 Å². The van der Waals surface area contributed by atoms with Crippen molar-refractivity contribution in [2.24, 2.45) is 29.1 Å². The molecule has 0 radical (unpaired) electrons. The van der Waals surface area contributed by atoms with E-state index in [4.69, 9.17) is 9.47 Å². The summed E-state index contributed by atoms with van der Waals surface area (Å²) < 4.78 is 11.7. The lowest BCUT2D eigenvalue weighted by atomic mass is 9.51. The van der Waals surface area contributed by atoms with Crippen LogP contribution in [0, 0.1) is 29.1 Å². The van der Waals surface area contributed by atoms with Gasteiger partial charge in [0, 0.05) is 12.5 Å². The maximum atomic E-state index is 12.7. The molecule has 0 amide bonds. The zero-order valence-electron chi connectivity index (χ0n) is 17.1. The van der Waals surface area contributed by atoms with Crippen molar-refractivity contribution < 1.29 is 19.4 Å². The zero-order valence-corrected chi connectivity index (χ0v) is 17.1. The highest BCUT2D eigenvalue weighted by Gasteiger charge is 2.58. The lowest BCUT2D eigenvalue weighted by molar-refractivity contribution is -0.191. The molecule has 0 heterocycles. The Morgan fingerprint density at radius 1 is 1.22 bits per heavy atom. The molecular weight excluding hydrogens is 340 g/mol. The second-order valence-corrected chi connectivity index (χ2v) is 8.94. The smallest absolute Gasteiger partial charge is 0.338 e. The summed E-state index contributed by atoms with van der Waals surface area (Å²) in [6, 6.07) is 9.18. The second kappa shape index (κ2) is 8.32. The number of rotatable bonds is 5. The van der Waals surface area contributed by atoms with Crippen molar-refractivity contribution in [3.05, 3.63) is 35.9 Å². The SMILES string of the molecule is COC[C@@]12CC[C@@H](C(C)C)[C@@H](O)[C@H]1C(C)CC[C@H]2OC(=O)c1ccccc1. The van der Waals surface area contributed by atoms with Crippen LogP contribution in [0.5, 0.6) is 0 Å². The quantitative estimate of drug-likeness (QED) is 0.780.